The molecule has 0 saturated heterocycles. The number of ether oxygens (including phenoxy) is 1. The molecule has 1 rings (SSSR count). The third-order valence-corrected chi connectivity index (χ3v) is 6.38. The highest BCUT2D eigenvalue weighted by Gasteiger charge is 2.45. The lowest BCUT2D eigenvalue weighted by molar-refractivity contribution is -0.891. The number of rotatable bonds is 15. The van der Waals surface area contributed by atoms with Gasteiger partial charge in [0.1, 0.15) is 0 Å². The average molecular weight is 381 g/mol. The molecule has 158 valence electrons. The summed E-state index contributed by atoms with van der Waals surface area (Å²) in [7, 11) is 6.21. The molecule has 1 aliphatic carbocycles. The van der Waals surface area contributed by atoms with Crippen molar-refractivity contribution in [2.75, 3.05) is 34.3 Å². The summed E-state index contributed by atoms with van der Waals surface area (Å²) in [4.78, 5) is 0. The van der Waals surface area contributed by atoms with Gasteiger partial charge in [0, 0.05) is 18.9 Å². The van der Waals surface area contributed by atoms with Crippen molar-refractivity contribution in [3.63, 3.8) is 0 Å². The molecule has 3 heteroatoms. The van der Waals surface area contributed by atoms with E-state index in [1.165, 1.54) is 70.8 Å². The van der Waals surface area contributed by atoms with Crippen molar-refractivity contribution in [1.82, 2.24) is 0 Å². The molecule has 0 amide bonds. The quantitative estimate of drug-likeness (QED) is 0.220. The Morgan fingerprint density at radius 2 is 1.33 bits per heavy atom. The van der Waals surface area contributed by atoms with Gasteiger partial charge in [-0.3, -0.25) is 0 Å². The zero-order chi connectivity index (χ0) is 20.2. The van der Waals surface area contributed by atoms with Gasteiger partial charge in [0.05, 0.1) is 27.2 Å². The molecule has 0 aliphatic heterocycles. The predicted molar refractivity (Wildman–Crippen MR) is 117 cm³/mol. The summed E-state index contributed by atoms with van der Waals surface area (Å²) in [6, 6.07) is 0. The van der Waals surface area contributed by atoms with E-state index in [1.807, 2.05) is 12.2 Å². The molecule has 0 aromatic rings. The first-order valence-electron chi connectivity index (χ1n) is 11.3. The highest BCUT2D eigenvalue weighted by Crippen LogP contribution is 2.40. The van der Waals surface area contributed by atoms with Crippen LogP contribution in [0.2, 0.25) is 0 Å². The van der Waals surface area contributed by atoms with Gasteiger partial charge in [-0.15, -0.1) is 0 Å². The molecule has 1 aliphatic rings. The van der Waals surface area contributed by atoms with Crippen LogP contribution in [0.5, 0.6) is 0 Å². The Balaban J connectivity index is 2.20. The number of nitrogens with zero attached hydrogens (tertiary/aromatic N) is 1. The second-order valence-corrected chi connectivity index (χ2v) is 9.35. The Morgan fingerprint density at radius 3 is 1.89 bits per heavy atom. The summed E-state index contributed by atoms with van der Waals surface area (Å²) >= 11 is 0. The van der Waals surface area contributed by atoms with Gasteiger partial charge in [0.15, 0.2) is 5.79 Å². The summed E-state index contributed by atoms with van der Waals surface area (Å²) in [5, 5.41) is 10.8. The van der Waals surface area contributed by atoms with E-state index in [0.29, 0.717) is 0 Å². The Hall–Kier alpha value is -0.640. The van der Waals surface area contributed by atoms with Gasteiger partial charge in [0.25, 0.3) is 0 Å². The van der Waals surface area contributed by atoms with Crippen LogP contribution in [0.1, 0.15) is 84.5 Å². The first kappa shape index (κ1) is 24.4. The molecule has 27 heavy (non-hydrogen) atoms. The normalized spacial score (nSPS) is 25.3. The molecule has 2 atom stereocenters. The first-order valence-corrected chi connectivity index (χ1v) is 11.3. The lowest BCUT2D eigenvalue weighted by Crippen LogP contribution is -2.50. The minimum Gasteiger partial charge on any atom is -0.362 e. The zero-order valence-electron chi connectivity index (χ0n) is 18.8. The summed E-state index contributed by atoms with van der Waals surface area (Å²) < 4.78 is 6.44. The van der Waals surface area contributed by atoms with Crippen LogP contribution in [0, 0.1) is 5.41 Å². The molecule has 0 bridgehead atoms. The molecule has 1 N–H and O–H groups in total. The van der Waals surface area contributed by atoms with E-state index in [2.05, 4.69) is 34.0 Å². The minimum atomic E-state index is -1.20. The van der Waals surface area contributed by atoms with E-state index in [1.54, 1.807) is 13.2 Å². The number of unbranched alkanes of at least 4 members (excludes halogenated alkanes) is 9. The Labute approximate surface area is 169 Å². The molecule has 2 unspecified atom stereocenters. The largest absolute Gasteiger partial charge is 0.362 e. The lowest BCUT2D eigenvalue weighted by Gasteiger charge is -2.43. The molecule has 3 nitrogen and oxygen atoms in total. The van der Waals surface area contributed by atoms with Gasteiger partial charge in [0.2, 0.25) is 0 Å². The van der Waals surface area contributed by atoms with Gasteiger partial charge in [-0.05, 0) is 18.9 Å². The van der Waals surface area contributed by atoms with Crippen LogP contribution in [0.4, 0.5) is 0 Å². The molecule has 0 heterocycles. The van der Waals surface area contributed by atoms with Gasteiger partial charge in [-0.2, -0.15) is 0 Å². The van der Waals surface area contributed by atoms with Crippen LogP contribution in [-0.4, -0.2) is 49.7 Å². The first-order chi connectivity index (χ1) is 12.8. The van der Waals surface area contributed by atoms with Crippen LogP contribution < -0.4 is 0 Å². The van der Waals surface area contributed by atoms with Crippen LogP contribution in [0.25, 0.3) is 0 Å². The van der Waals surface area contributed by atoms with E-state index in [0.717, 1.165) is 17.4 Å². The van der Waals surface area contributed by atoms with Crippen molar-refractivity contribution in [2.45, 2.75) is 90.3 Å². The van der Waals surface area contributed by atoms with E-state index < -0.39 is 5.79 Å². The monoisotopic (exact) mass is 380 g/mol. The van der Waals surface area contributed by atoms with E-state index >= 15 is 0 Å². The van der Waals surface area contributed by atoms with Gasteiger partial charge >= 0.3 is 0 Å². The number of aliphatic hydroxyl groups is 1. The van der Waals surface area contributed by atoms with Gasteiger partial charge in [-0.1, -0.05) is 83.4 Å². The Kier molecular flexibility index (Phi) is 10.9. The van der Waals surface area contributed by atoms with Crippen molar-refractivity contribution in [3.8, 4) is 0 Å². The average Bonchev–Trinajstić information content (AvgIpc) is 2.64. The van der Waals surface area contributed by atoms with Gasteiger partial charge in [-0.25, -0.2) is 0 Å². The summed E-state index contributed by atoms with van der Waals surface area (Å²) in [5.74, 6) is -1.20. The fraction of sp³-hybridized carbons (Fsp3) is 0.833. The lowest BCUT2D eigenvalue weighted by atomic mass is 9.75. The molecule has 0 spiro atoms. The third kappa shape index (κ3) is 8.50. The second-order valence-electron chi connectivity index (χ2n) is 9.35. The van der Waals surface area contributed by atoms with Gasteiger partial charge < -0.3 is 14.3 Å². The molecule has 0 fully saturated rings. The number of hydrogen-bond donors (Lipinski definition) is 1. The minimum absolute atomic E-state index is 0.371. The van der Waals surface area contributed by atoms with Crippen LogP contribution in [0.15, 0.2) is 24.3 Å². The van der Waals surface area contributed by atoms with Crippen molar-refractivity contribution in [1.29, 1.82) is 0 Å². The number of methoxy groups -OCH3 is 1. The fourth-order valence-corrected chi connectivity index (χ4v) is 4.00. The fourth-order valence-electron chi connectivity index (χ4n) is 4.00. The standard InChI is InChI=1S/C24H46NO2/c1-6-7-8-9-10-11-12-13-14-17-21-25(3,4)22-20-23(2)18-15-16-19-24(23,26)27-5/h15-16,18-19,26H,6-14,17,20-22H2,1-5H3/q+1. The molecular weight excluding hydrogens is 334 g/mol. The molecule has 0 aromatic carbocycles. The maximum Gasteiger partial charge on any atom is 0.194 e. The van der Waals surface area contributed by atoms with E-state index in [9.17, 15) is 5.11 Å². The maximum atomic E-state index is 10.8. The highest BCUT2D eigenvalue weighted by atomic mass is 16.6. The molecular formula is C24H46NO2+. The summed E-state index contributed by atoms with van der Waals surface area (Å²) in [6.07, 6.45) is 22.5. The smallest absolute Gasteiger partial charge is 0.194 e. The molecule has 0 saturated carbocycles. The molecule has 0 aromatic heterocycles. The maximum absolute atomic E-state index is 10.8. The number of quaternary nitrogens is 1. The number of hydrogen-bond acceptors (Lipinski definition) is 2. The Bertz CT molecular complexity index is 457. The van der Waals surface area contributed by atoms with Crippen LogP contribution >= 0.6 is 0 Å². The second kappa shape index (κ2) is 12.0. The SMILES string of the molecule is CCCCCCCCCCCC[N+](C)(C)CCC1(C)C=CC=CC1(O)OC. The Morgan fingerprint density at radius 1 is 0.815 bits per heavy atom. The number of allylic oxidation sites excluding steroid dienone is 2. The van der Waals surface area contributed by atoms with Crippen molar-refractivity contribution < 1.29 is 14.3 Å². The summed E-state index contributed by atoms with van der Waals surface area (Å²) in [6.45, 7) is 6.62. The topological polar surface area (TPSA) is 29.5 Å². The summed E-state index contributed by atoms with van der Waals surface area (Å²) in [5.41, 5.74) is -0.371. The van der Waals surface area contributed by atoms with Crippen LogP contribution in [0.3, 0.4) is 0 Å². The third-order valence-electron chi connectivity index (χ3n) is 6.38. The van der Waals surface area contributed by atoms with E-state index in [4.69, 9.17) is 4.74 Å². The van der Waals surface area contributed by atoms with Crippen molar-refractivity contribution >= 4 is 0 Å². The van der Waals surface area contributed by atoms with Crippen molar-refractivity contribution in [2.24, 2.45) is 5.41 Å². The predicted octanol–water partition coefficient (Wildman–Crippen LogP) is 5.84. The highest BCUT2D eigenvalue weighted by molar-refractivity contribution is 5.23. The molecule has 0 radical (unpaired) electrons. The van der Waals surface area contributed by atoms with Crippen molar-refractivity contribution in [3.05, 3.63) is 24.3 Å². The van der Waals surface area contributed by atoms with Crippen LogP contribution in [-0.2, 0) is 4.74 Å². The van der Waals surface area contributed by atoms with E-state index in [-0.39, 0.29) is 5.41 Å². The zero-order valence-corrected chi connectivity index (χ0v) is 18.8.